The van der Waals surface area contributed by atoms with E-state index in [9.17, 15) is 9.59 Å². The van der Waals surface area contributed by atoms with Gasteiger partial charge in [0.15, 0.2) is 0 Å². The summed E-state index contributed by atoms with van der Waals surface area (Å²) in [5.74, 6) is -0.563. The summed E-state index contributed by atoms with van der Waals surface area (Å²) in [5.41, 5.74) is 2.04. The van der Waals surface area contributed by atoms with Gasteiger partial charge in [0.1, 0.15) is 10.1 Å². The molecule has 1 heterocycles. The van der Waals surface area contributed by atoms with Crippen LogP contribution in [0.4, 0.5) is 11.4 Å². The van der Waals surface area contributed by atoms with Gasteiger partial charge in [0, 0.05) is 0 Å². The van der Waals surface area contributed by atoms with Crippen LogP contribution in [0.25, 0.3) is 11.0 Å². The van der Waals surface area contributed by atoms with Crippen LogP contribution in [0, 0.1) is 0 Å². The van der Waals surface area contributed by atoms with E-state index in [1.54, 1.807) is 36.4 Å². The first-order chi connectivity index (χ1) is 17.3. The van der Waals surface area contributed by atoms with E-state index >= 15 is 0 Å². The zero-order valence-corrected chi connectivity index (χ0v) is 22.9. The van der Waals surface area contributed by atoms with E-state index in [-0.39, 0.29) is 23.3 Å². The van der Waals surface area contributed by atoms with Crippen LogP contribution in [0.5, 0.6) is 0 Å². The van der Waals surface area contributed by atoms with Gasteiger partial charge >= 0.3 is 0 Å². The fourth-order valence-electron chi connectivity index (χ4n) is 3.01. The predicted octanol–water partition coefficient (Wildman–Crippen LogP) is 7.71. The van der Waals surface area contributed by atoms with Crippen LogP contribution in [0.2, 0.25) is 20.1 Å². The number of anilines is 2. The summed E-state index contributed by atoms with van der Waals surface area (Å²) in [5, 5.41) is 7.84. The summed E-state index contributed by atoms with van der Waals surface area (Å²) >= 11 is 27.0. The summed E-state index contributed by atoms with van der Waals surface area (Å²) in [6.45, 7) is 0. The quantitative estimate of drug-likeness (QED) is 0.202. The molecule has 12 heteroatoms. The van der Waals surface area contributed by atoms with E-state index in [0.717, 1.165) is 0 Å². The van der Waals surface area contributed by atoms with E-state index in [2.05, 4.69) is 20.6 Å². The molecule has 0 saturated heterocycles. The van der Waals surface area contributed by atoms with Gasteiger partial charge in [0.05, 0.1) is 54.0 Å². The molecule has 0 spiro atoms. The minimum atomic E-state index is -0.313. The highest BCUT2D eigenvalue weighted by Gasteiger charge is 2.17. The molecule has 36 heavy (non-hydrogen) atoms. The Morgan fingerprint density at radius 1 is 0.611 bits per heavy atom. The Morgan fingerprint density at radius 3 is 1.33 bits per heavy atom. The van der Waals surface area contributed by atoms with Crippen molar-refractivity contribution in [3.8, 4) is 0 Å². The lowest BCUT2D eigenvalue weighted by molar-refractivity contribution is -0.114. The van der Waals surface area contributed by atoms with Gasteiger partial charge in [-0.25, -0.2) is 9.97 Å². The van der Waals surface area contributed by atoms with Gasteiger partial charge in [0.25, 0.3) is 0 Å². The molecule has 2 amide bonds. The molecule has 1 aromatic heterocycles. The third kappa shape index (κ3) is 6.76. The number of fused-ring (bicyclic) bond motifs is 1. The topological polar surface area (TPSA) is 84.0 Å². The number of nitrogens with one attached hydrogen (secondary N) is 2. The molecule has 4 rings (SSSR count). The molecule has 0 aliphatic heterocycles. The molecule has 184 valence electrons. The summed E-state index contributed by atoms with van der Waals surface area (Å²) < 4.78 is 0. The second kappa shape index (κ2) is 12.4. The number of hydrogen-bond acceptors (Lipinski definition) is 6. The molecule has 0 fully saturated rings. The number of carbonyl (C=O) groups excluding carboxylic acids is 2. The molecule has 0 saturated carbocycles. The third-order valence-corrected chi connectivity index (χ3v) is 7.96. The van der Waals surface area contributed by atoms with Crippen LogP contribution in [-0.4, -0.2) is 33.3 Å². The van der Waals surface area contributed by atoms with Crippen LogP contribution in [0.15, 0.2) is 70.7 Å². The predicted molar refractivity (Wildman–Crippen MR) is 151 cm³/mol. The van der Waals surface area contributed by atoms with Crippen LogP contribution >= 0.6 is 69.9 Å². The SMILES string of the molecule is O=C(CSc1nc2ccccc2nc1SCC(=O)Nc1c(Cl)cccc1Cl)Nc1c(Cl)cccc1Cl. The Balaban J connectivity index is 1.48. The minimum absolute atomic E-state index is 0.0313. The maximum Gasteiger partial charge on any atom is 0.234 e. The molecular weight excluding hydrogens is 582 g/mol. The fourth-order valence-corrected chi connectivity index (χ4v) is 5.69. The van der Waals surface area contributed by atoms with Crippen molar-refractivity contribution >= 4 is 104 Å². The van der Waals surface area contributed by atoms with Crippen molar-refractivity contribution in [2.24, 2.45) is 0 Å². The monoisotopic (exact) mass is 596 g/mol. The van der Waals surface area contributed by atoms with Gasteiger partial charge in [-0.1, -0.05) is 94.2 Å². The molecule has 6 nitrogen and oxygen atoms in total. The van der Waals surface area contributed by atoms with E-state index in [1.807, 2.05) is 24.3 Å². The molecular formula is C24H16Cl4N4O2S2. The van der Waals surface area contributed by atoms with Crippen molar-refractivity contribution in [3.63, 3.8) is 0 Å². The van der Waals surface area contributed by atoms with Crippen LogP contribution in [-0.2, 0) is 9.59 Å². The van der Waals surface area contributed by atoms with E-state index in [0.29, 0.717) is 52.6 Å². The molecule has 3 aromatic carbocycles. The first-order valence-electron chi connectivity index (χ1n) is 10.3. The molecule has 0 aliphatic carbocycles. The average Bonchev–Trinajstić information content (AvgIpc) is 2.86. The van der Waals surface area contributed by atoms with Crippen molar-refractivity contribution in [1.29, 1.82) is 0 Å². The third-order valence-electron chi connectivity index (χ3n) is 4.64. The van der Waals surface area contributed by atoms with Crippen LogP contribution in [0.1, 0.15) is 0 Å². The van der Waals surface area contributed by atoms with Gasteiger partial charge in [0.2, 0.25) is 11.8 Å². The minimum Gasteiger partial charge on any atom is -0.323 e. The Bertz CT molecular complexity index is 1310. The molecule has 0 radical (unpaired) electrons. The fraction of sp³-hybridized carbons (Fsp3) is 0.0833. The number of amides is 2. The second-order valence-corrected chi connectivity index (χ2v) is 10.7. The first-order valence-corrected chi connectivity index (χ1v) is 13.8. The number of benzene rings is 3. The normalized spacial score (nSPS) is 10.9. The van der Waals surface area contributed by atoms with Crippen molar-refractivity contribution in [3.05, 3.63) is 80.8 Å². The number of para-hydroxylation sites is 4. The number of nitrogens with zero attached hydrogens (tertiary/aromatic N) is 2. The Labute approximate surface area is 235 Å². The Kier molecular flexibility index (Phi) is 9.22. The smallest absolute Gasteiger partial charge is 0.234 e. The maximum absolute atomic E-state index is 12.6. The Morgan fingerprint density at radius 2 is 0.972 bits per heavy atom. The standard InChI is InChI=1S/C24H16Cl4N4O2S2/c25-13-5-3-6-14(26)21(13)31-19(33)11-35-23-24(30-18-10-2-1-9-17(18)29-23)36-12-20(34)32-22-15(27)7-4-8-16(22)28/h1-10H,11-12H2,(H,31,33)(H,32,34). The number of rotatable bonds is 8. The van der Waals surface area contributed by atoms with E-state index < -0.39 is 0 Å². The van der Waals surface area contributed by atoms with Crippen molar-refractivity contribution in [2.75, 3.05) is 22.1 Å². The lowest BCUT2D eigenvalue weighted by Gasteiger charge is -2.12. The zero-order valence-electron chi connectivity index (χ0n) is 18.2. The Hall–Kier alpha value is -2.20. The van der Waals surface area contributed by atoms with Gasteiger partial charge in [-0.3, -0.25) is 9.59 Å². The molecule has 2 N–H and O–H groups in total. The molecule has 0 bridgehead atoms. The molecule has 4 aromatic rings. The van der Waals surface area contributed by atoms with Crippen LogP contribution in [0.3, 0.4) is 0 Å². The summed E-state index contributed by atoms with van der Waals surface area (Å²) in [4.78, 5) is 34.5. The molecule has 0 atom stereocenters. The first kappa shape index (κ1) is 26.9. The lowest BCUT2D eigenvalue weighted by atomic mass is 10.3. The van der Waals surface area contributed by atoms with Gasteiger partial charge in [-0.15, -0.1) is 0 Å². The summed E-state index contributed by atoms with van der Waals surface area (Å²) in [7, 11) is 0. The van der Waals surface area contributed by atoms with E-state index in [4.69, 9.17) is 46.4 Å². The number of carbonyl (C=O) groups is 2. The number of aromatic nitrogens is 2. The number of halogens is 4. The van der Waals surface area contributed by atoms with Crippen molar-refractivity contribution in [2.45, 2.75) is 10.1 Å². The largest absolute Gasteiger partial charge is 0.323 e. The van der Waals surface area contributed by atoms with Gasteiger partial charge in [-0.05, 0) is 36.4 Å². The van der Waals surface area contributed by atoms with Gasteiger partial charge < -0.3 is 10.6 Å². The highest BCUT2D eigenvalue weighted by atomic mass is 35.5. The van der Waals surface area contributed by atoms with Crippen molar-refractivity contribution < 1.29 is 9.59 Å². The molecule has 0 aliphatic rings. The van der Waals surface area contributed by atoms with Crippen molar-refractivity contribution in [1.82, 2.24) is 9.97 Å². The summed E-state index contributed by atoms with van der Waals surface area (Å²) in [6, 6.07) is 17.3. The zero-order chi connectivity index (χ0) is 25.7. The van der Waals surface area contributed by atoms with Gasteiger partial charge in [-0.2, -0.15) is 0 Å². The van der Waals surface area contributed by atoms with Crippen LogP contribution < -0.4 is 10.6 Å². The van der Waals surface area contributed by atoms with E-state index in [1.165, 1.54) is 23.5 Å². The maximum atomic E-state index is 12.6. The summed E-state index contributed by atoms with van der Waals surface area (Å²) in [6.07, 6.45) is 0. The number of thioether (sulfide) groups is 2. The average molecular weight is 598 g/mol. The highest BCUT2D eigenvalue weighted by molar-refractivity contribution is 8.02. The molecule has 0 unspecified atom stereocenters. The number of hydrogen-bond donors (Lipinski definition) is 2. The highest BCUT2D eigenvalue weighted by Crippen LogP contribution is 2.33. The second-order valence-electron chi connectivity index (χ2n) is 7.19. The lowest BCUT2D eigenvalue weighted by Crippen LogP contribution is -2.16.